The van der Waals surface area contributed by atoms with Crippen molar-refractivity contribution in [3.05, 3.63) is 65.2 Å². The highest BCUT2D eigenvalue weighted by molar-refractivity contribution is 8.68. The highest BCUT2D eigenvalue weighted by atomic mass is 32.9. The largest absolute Gasteiger partial charge is 0.436 e. The first-order valence-electron chi connectivity index (χ1n) is 8.75. The van der Waals surface area contributed by atoms with Gasteiger partial charge in [-0.25, -0.2) is 0 Å². The van der Waals surface area contributed by atoms with E-state index in [-0.39, 0.29) is 5.78 Å². The molecule has 0 aliphatic heterocycles. The number of nitrogens with zero attached hydrogens (tertiary/aromatic N) is 1. The van der Waals surface area contributed by atoms with Crippen molar-refractivity contribution in [1.29, 1.82) is 5.26 Å². The number of nitriles is 1. The van der Waals surface area contributed by atoms with Crippen molar-refractivity contribution in [2.75, 3.05) is 12.4 Å². The van der Waals surface area contributed by atoms with E-state index in [0.29, 0.717) is 29.0 Å². The van der Waals surface area contributed by atoms with Crippen LogP contribution in [0.3, 0.4) is 0 Å². The monoisotopic (exact) mass is 419 g/mol. The van der Waals surface area contributed by atoms with Crippen LogP contribution in [0.15, 0.2) is 48.5 Å². The minimum atomic E-state index is -2.45. The van der Waals surface area contributed by atoms with Gasteiger partial charge < -0.3 is 9.05 Å². The average Bonchev–Trinajstić information content (AvgIpc) is 2.71. The van der Waals surface area contributed by atoms with Gasteiger partial charge in [0.05, 0.1) is 18.2 Å². The number of rotatable bonds is 10. The highest BCUT2D eigenvalue weighted by Crippen LogP contribution is 2.60. The maximum atomic E-state index is 12.6. The number of benzene rings is 2. The molecule has 0 bridgehead atoms. The van der Waals surface area contributed by atoms with Crippen molar-refractivity contribution < 1.29 is 13.8 Å². The molecule has 0 aliphatic rings. The average molecular weight is 420 g/mol. The molecular weight excluding hydrogens is 397 g/mol. The summed E-state index contributed by atoms with van der Waals surface area (Å²) in [6.07, 6.45) is 1.88. The highest BCUT2D eigenvalue weighted by Gasteiger charge is 2.21. The van der Waals surface area contributed by atoms with Crippen LogP contribution in [0.25, 0.3) is 0 Å². The first kappa shape index (κ1) is 21.7. The van der Waals surface area contributed by atoms with Gasteiger partial charge in [0.1, 0.15) is 5.75 Å². The molecule has 0 saturated carbocycles. The minimum Gasteiger partial charge on any atom is -0.436 e. The van der Waals surface area contributed by atoms with Crippen LogP contribution in [0.4, 0.5) is 0 Å². The maximum absolute atomic E-state index is 12.6. The number of ketones is 1. The first-order chi connectivity index (χ1) is 13.0. The molecule has 0 radical (unpaired) electrons. The van der Waals surface area contributed by atoms with Crippen LogP contribution < -0.4 is 4.52 Å². The van der Waals surface area contributed by atoms with Gasteiger partial charge in [0.25, 0.3) is 5.69 Å². The van der Waals surface area contributed by atoms with Crippen LogP contribution in [0.5, 0.6) is 5.75 Å². The Hall–Kier alpha value is -1.64. The lowest BCUT2D eigenvalue weighted by Crippen LogP contribution is -2.01. The summed E-state index contributed by atoms with van der Waals surface area (Å²) >= 11 is 7.19. The third kappa shape index (κ3) is 6.48. The number of hydrogen-bond donors (Lipinski definition) is 0. The lowest BCUT2D eigenvalue weighted by atomic mass is 10.0. The van der Waals surface area contributed by atoms with Crippen LogP contribution >= 0.6 is 17.1 Å². The van der Waals surface area contributed by atoms with Gasteiger partial charge in [-0.15, -0.1) is 0 Å². The molecule has 1 unspecified atom stereocenters. The lowest BCUT2D eigenvalue weighted by Gasteiger charge is -2.22. The molecule has 0 saturated heterocycles. The van der Waals surface area contributed by atoms with E-state index in [9.17, 15) is 4.79 Å². The van der Waals surface area contributed by atoms with Crippen molar-refractivity contribution in [2.45, 2.75) is 26.7 Å². The van der Waals surface area contributed by atoms with Crippen molar-refractivity contribution in [1.82, 2.24) is 0 Å². The van der Waals surface area contributed by atoms with E-state index in [1.54, 1.807) is 59.9 Å². The van der Waals surface area contributed by atoms with Crippen molar-refractivity contribution in [3.63, 3.8) is 0 Å². The molecule has 0 aromatic heterocycles. The summed E-state index contributed by atoms with van der Waals surface area (Å²) < 4.78 is 11.8. The summed E-state index contributed by atoms with van der Waals surface area (Å²) in [4.78, 5) is 12.6. The van der Waals surface area contributed by atoms with E-state index in [4.69, 9.17) is 26.1 Å². The molecule has 7 heteroatoms. The van der Waals surface area contributed by atoms with Crippen LogP contribution in [-0.2, 0) is 16.3 Å². The Morgan fingerprint density at radius 2 is 1.67 bits per heavy atom. The van der Waals surface area contributed by atoms with Crippen molar-refractivity contribution in [2.24, 2.45) is 0 Å². The SMILES string of the molecule is CCCOP(=S)(Oc1ccc(C(=O)c2ccc(C#N)cc2)cc1)SCCC. The fourth-order valence-corrected chi connectivity index (χ4v) is 6.76. The lowest BCUT2D eigenvalue weighted by molar-refractivity contribution is 0.103. The number of carbonyl (C=O) groups excluding carboxylic acids is 1. The molecule has 1 atom stereocenters. The fourth-order valence-electron chi connectivity index (χ4n) is 2.16. The molecule has 2 rings (SSSR count). The van der Waals surface area contributed by atoms with E-state index >= 15 is 0 Å². The zero-order valence-corrected chi connectivity index (χ0v) is 17.9. The third-order valence-electron chi connectivity index (χ3n) is 3.52. The van der Waals surface area contributed by atoms with Gasteiger partial charge in [-0.1, -0.05) is 25.2 Å². The van der Waals surface area contributed by atoms with Gasteiger partial charge >= 0.3 is 0 Å². The van der Waals surface area contributed by atoms with Crippen LogP contribution in [0.2, 0.25) is 0 Å². The smallest absolute Gasteiger partial charge is 0.297 e. The molecule has 27 heavy (non-hydrogen) atoms. The van der Waals surface area contributed by atoms with Gasteiger partial charge in [-0.3, -0.25) is 4.79 Å². The second-order valence-electron chi connectivity index (χ2n) is 5.75. The first-order valence-corrected chi connectivity index (χ1v) is 13.0. The summed E-state index contributed by atoms with van der Waals surface area (Å²) in [5, 5.41) is 8.85. The number of hydrogen-bond acceptors (Lipinski definition) is 6. The summed E-state index contributed by atoms with van der Waals surface area (Å²) in [6, 6.07) is 15.6. The summed E-state index contributed by atoms with van der Waals surface area (Å²) in [7, 11) is 0. The molecule has 4 nitrogen and oxygen atoms in total. The predicted molar refractivity (Wildman–Crippen MR) is 115 cm³/mol. The van der Waals surface area contributed by atoms with Gasteiger partial charge in [0.2, 0.25) is 0 Å². The van der Waals surface area contributed by atoms with Crippen molar-refractivity contribution in [3.8, 4) is 11.8 Å². The van der Waals surface area contributed by atoms with Gasteiger partial charge in [-0.05, 0) is 73.2 Å². The zero-order valence-electron chi connectivity index (χ0n) is 15.4. The summed E-state index contributed by atoms with van der Waals surface area (Å²) in [6.45, 7) is 4.70. The zero-order chi connectivity index (χ0) is 19.7. The van der Waals surface area contributed by atoms with Crippen LogP contribution in [-0.4, -0.2) is 18.1 Å². The molecule has 2 aromatic carbocycles. The quantitative estimate of drug-likeness (QED) is 0.350. The summed E-state index contributed by atoms with van der Waals surface area (Å²) in [5.41, 5.74) is -0.829. The maximum Gasteiger partial charge on any atom is 0.297 e. The van der Waals surface area contributed by atoms with E-state index in [1.165, 1.54) is 0 Å². The Morgan fingerprint density at radius 1 is 1.07 bits per heavy atom. The van der Waals surface area contributed by atoms with E-state index in [1.807, 2.05) is 13.0 Å². The standard InChI is InChI=1S/C20H22NO3PS2/c1-3-13-23-25(26,27-14-4-2)24-19-11-9-18(10-12-19)20(22)17-7-5-16(15-21)6-8-17/h5-12H,3-4,13-14H2,1-2H3. The molecule has 0 N–H and O–H groups in total. The van der Waals surface area contributed by atoms with Gasteiger partial charge in [0.15, 0.2) is 5.78 Å². The predicted octanol–water partition coefficient (Wildman–Crippen LogP) is 5.96. The van der Waals surface area contributed by atoms with E-state index in [0.717, 1.165) is 18.6 Å². The Bertz CT molecular complexity index is 833. The Balaban J connectivity index is 2.11. The molecule has 142 valence electrons. The molecular formula is C20H22NO3PS2. The van der Waals surface area contributed by atoms with Crippen LogP contribution in [0, 0.1) is 11.3 Å². The third-order valence-corrected chi connectivity index (χ3v) is 8.88. The Kier molecular flexibility index (Phi) is 8.53. The second-order valence-corrected chi connectivity index (χ2v) is 12.1. The van der Waals surface area contributed by atoms with Crippen LogP contribution in [0.1, 0.15) is 48.2 Å². The van der Waals surface area contributed by atoms with Crippen molar-refractivity contribution >= 4 is 34.7 Å². The molecule has 2 aromatic rings. The molecule has 0 aliphatic carbocycles. The van der Waals surface area contributed by atoms with Gasteiger partial charge in [0, 0.05) is 16.9 Å². The van der Waals surface area contributed by atoms with E-state index < -0.39 is 5.69 Å². The minimum absolute atomic E-state index is 0.104. The Labute approximate surface area is 169 Å². The second kappa shape index (κ2) is 10.6. The molecule has 0 fully saturated rings. The molecule has 0 heterocycles. The van der Waals surface area contributed by atoms with E-state index in [2.05, 4.69) is 6.92 Å². The topological polar surface area (TPSA) is 59.3 Å². The summed E-state index contributed by atoms with van der Waals surface area (Å²) in [5.74, 6) is 1.39. The molecule has 0 spiro atoms. The van der Waals surface area contributed by atoms with Gasteiger partial charge in [-0.2, -0.15) is 5.26 Å². The fraction of sp³-hybridized carbons (Fsp3) is 0.300. The number of carbonyl (C=O) groups is 1. The molecule has 0 amide bonds. The normalized spacial score (nSPS) is 12.8. The Morgan fingerprint density at radius 3 is 2.19 bits per heavy atom.